The summed E-state index contributed by atoms with van der Waals surface area (Å²) in [7, 11) is 9.42. The molecular formula is C11H28N3O2Si+. The summed E-state index contributed by atoms with van der Waals surface area (Å²) in [5.41, 5.74) is 0. The van der Waals surface area contributed by atoms with Crippen LogP contribution >= 0.6 is 0 Å². The predicted octanol–water partition coefficient (Wildman–Crippen LogP) is 1.31. The van der Waals surface area contributed by atoms with Crippen molar-refractivity contribution in [2.24, 2.45) is 0 Å². The highest BCUT2D eigenvalue weighted by molar-refractivity contribution is 6.65. The summed E-state index contributed by atoms with van der Waals surface area (Å²) >= 11 is 0. The first-order valence-corrected chi connectivity index (χ1v) is 8.40. The molecule has 0 saturated heterocycles. The van der Waals surface area contributed by atoms with Crippen LogP contribution < -0.4 is 0 Å². The van der Waals surface area contributed by atoms with Crippen LogP contribution in [0.4, 0.5) is 0 Å². The van der Waals surface area contributed by atoms with Gasteiger partial charge in [0.25, 0.3) is 5.96 Å². The van der Waals surface area contributed by atoms with Gasteiger partial charge in [0, 0.05) is 28.3 Å². The summed E-state index contributed by atoms with van der Waals surface area (Å²) in [6.45, 7) is 3.00. The van der Waals surface area contributed by atoms with Crippen LogP contribution in [0.2, 0.25) is 12.6 Å². The Labute approximate surface area is 107 Å². The highest BCUT2D eigenvalue weighted by atomic mass is 28.4. The number of nitrogens with one attached hydrogen (secondary N) is 1. The van der Waals surface area contributed by atoms with Crippen molar-refractivity contribution in [1.29, 1.82) is 5.41 Å². The van der Waals surface area contributed by atoms with E-state index in [1.165, 1.54) is 0 Å². The molecule has 0 atom stereocenters. The largest absolute Gasteiger partial charge is 0.398 e. The molecule has 0 aliphatic heterocycles. The molecule has 102 valence electrons. The van der Waals surface area contributed by atoms with Crippen molar-refractivity contribution >= 4 is 14.5 Å². The SMILES string of the molecule is CO[Si](C)(CCC[N+](C)(C)C(=N)N(C)C)OC. The van der Waals surface area contributed by atoms with E-state index in [1.54, 1.807) is 14.2 Å². The zero-order chi connectivity index (χ0) is 13.7. The third-order valence-electron chi connectivity index (χ3n) is 3.21. The summed E-state index contributed by atoms with van der Waals surface area (Å²) in [6, 6.07) is 0.961. The normalized spacial score (nSPS) is 12.6. The molecule has 0 aromatic rings. The summed E-state index contributed by atoms with van der Waals surface area (Å²) in [5, 5.41) is 8.02. The maximum absolute atomic E-state index is 8.02. The van der Waals surface area contributed by atoms with Crippen molar-refractivity contribution in [2.75, 3.05) is 49.0 Å². The molecule has 6 heteroatoms. The standard InChI is InChI=1S/C11H28N3O2Si/c1-13(2)11(12)14(3,4)9-8-10-17(7,15-5)16-6/h12H,8-10H2,1-7H3/q+1. The topological polar surface area (TPSA) is 45.5 Å². The van der Waals surface area contributed by atoms with Crippen molar-refractivity contribution in [3.05, 3.63) is 0 Å². The molecule has 5 nitrogen and oxygen atoms in total. The molecule has 0 heterocycles. The minimum absolute atomic E-state index is 0.588. The van der Waals surface area contributed by atoms with Crippen LogP contribution in [0.15, 0.2) is 0 Å². The van der Waals surface area contributed by atoms with Gasteiger partial charge in [0.2, 0.25) is 0 Å². The van der Waals surface area contributed by atoms with Crippen LogP contribution in [0.3, 0.4) is 0 Å². The number of hydrogen-bond donors (Lipinski definition) is 1. The van der Waals surface area contributed by atoms with E-state index in [9.17, 15) is 0 Å². The molecule has 0 amide bonds. The van der Waals surface area contributed by atoms with Crippen LogP contribution in [0.25, 0.3) is 0 Å². The average molecular weight is 262 g/mol. The van der Waals surface area contributed by atoms with Gasteiger partial charge in [-0.1, -0.05) is 0 Å². The third kappa shape index (κ3) is 5.16. The summed E-state index contributed by atoms with van der Waals surface area (Å²) in [4.78, 5) is 1.85. The lowest BCUT2D eigenvalue weighted by atomic mass is 10.4. The lowest BCUT2D eigenvalue weighted by Crippen LogP contribution is -2.52. The minimum atomic E-state index is -1.95. The van der Waals surface area contributed by atoms with E-state index in [0.29, 0.717) is 10.4 Å². The summed E-state index contributed by atoms with van der Waals surface area (Å²) in [6.07, 6.45) is 1.01. The predicted molar refractivity (Wildman–Crippen MR) is 73.4 cm³/mol. The molecule has 0 radical (unpaired) electrons. The Bertz CT molecular complexity index is 253. The molecule has 0 fully saturated rings. The number of rotatable bonds is 6. The zero-order valence-corrected chi connectivity index (χ0v) is 13.3. The Morgan fingerprint density at radius 3 is 2.06 bits per heavy atom. The van der Waals surface area contributed by atoms with Gasteiger partial charge in [0.1, 0.15) is 0 Å². The van der Waals surface area contributed by atoms with E-state index >= 15 is 0 Å². The van der Waals surface area contributed by atoms with Crippen LogP contribution in [0, 0.1) is 5.41 Å². The highest BCUT2D eigenvalue weighted by Crippen LogP contribution is 2.15. The van der Waals surface area contributed by atoms with Crippen LogP contribution in [-0.2, 0) is 8.85 Å². The number of quaternary nitrogens is 1. The molecule has 0 aliphatic rings. The second-order valence-electron chi connectivity index (χ2n) is 5.27. The second kappa shape index (κ2) is 6.49. The molecule has 17 heavy (non-hydrogen) atoms. The molecule has 0 aromatic carbocycles. The maximum atomic E-state index is 8.02. The Balaban J connectivity index is 4.24. The molecule has 0 rings (SSSR count). The highest BCUT2D eigenvalue weighted by Gasteiger charge is 2.31. The summed E-state index contributed by atoms with van der Waals surface area (Å²) in [5.74, 6) is 0.614. The Morgan fingerprint density at radius 1 is 1.24 bits per heavy atom. The van der Waals surface area contributed by atoms with Gasteiger partial charge in [0.05, 0.1) is 20.6 Å². The van der Waals surface area contributed by atoms with Gasteiger partial charge in [-0.05, 0) is 19.0 Å². The van der Waals surface area contributed by atoms with Gasteiger partial charge < -0.3 is 13.8 Å². The Kier molecular flexibility index (Phi) is 6.32. The maximum Gasteiger partial charge on any atom is 0.334 e. The smallest absolute Gasteiger partial charge is 0.334 e. The fourth-order valence-corrected chi connectivity index (χ4v) is 3.11. The molecule has 0 aliphatic carbocycles. The van der Waals surface area contributed by atoms with Crippen molar-refractivity contribution in [2.45, 2.75) is 19.0 Å². The third-order valence-corrected chi connectivity index (χ3v) is 6.20. The van der Waals surface area contributed by atoms with Crippen LogP contribution in [-0.4, -0.2) is 72.9 Å². The van der Waals surface area contributed by atoms with Crippen LogP contribution in [0.5, 0.6) is 0 Å². The average Bonchev–Trinajstić information content (AvgIpc) is 2.27. The summed E-state index contributed by atoms with van der Waals surface area (Å²) < 4.78 is 11.5. The quantitative estimate of drug-likeness (QED) is 0.340. The van der Waals surface area contributed by atoms with E-state index in [1.807, 2.05) is 19.0 Å². The first-order chi connectivity index (χ1) is 7.68. The van der Waals surface area contributed by atoms with Gasteiger partial charge in [0.15, 0.2) is 0 Å². The molecule has 0 saturated carbocycles. The number of guanidine groups is 1. The molecule has 0 aromatic heterocycles. The fourth-order valence-electron chi connectivity index (χ4n) is 1.73. The number of nitrogens with zero attached hydrogens (tertiary/aromatic N) is 2. The van der Waals surface area contributed by atoms with Crippen LogP contribution in [0.1, 0.15) is 6.42 Å². The van der Waals surface area contributed by atoms with Gasteiger partial charge in [-0.2, -0.15) is 0 Å². The van der Waals surface area contributed by atoms with Crippen molar-refractivity contribution in [1.82, 2.24) is 4.90 Å². The van der Waals surface area contributed by atoms with E-state index in [-0.39, 0.29) is 0 Å². The first kappa shape index (κ1) is 16.6. The van der Waals surface area contributed by atoms with Gasteiger partial charge in [-0.3, -0.25) is 4.48 Å². The molecule has 1 N–H and O–H groups in total. The lowest BCUT2D eigenvalue weighted by Gasteiger charge is -2.33. The van der Waals surface area contributed by atoms with Crippen molar-refractivity contribution in [3.63, 3.8) is 0 Å². The fraction of sp³-hybridized carbons (Fsp3) is 0.909. The van der Waals surface area contributed by atoms with Gasteiger partial charge >= 0.3 is 8.56 Å². The molecule has 0 bridgehead atoms. The van der Waals surface area contributed by atoms with E-state index < -0.39 is 8.56 Å². The van der Waals surface area contributed by atoms with Gasteiger partial charge in [-0.25, -0.2) is 5.41 Å². The Hall–Kier alpha value is -0.433. The molecule has 0 spiro atoms. The molecular weight excluding hydrogens is 234 g/mol. The second-order valence-corrected chi connectivity index (χ2v) is 8.86. The zero-order valence-electron chi connectivity index (χ0n) is 12.3. The van der Waals surface area contributed by atoms with E-state index in [0.717, 1.165) is 19.0 Å². The molecule has 0 unspecified atom stereocenters. The Morgan fingerprint density at radius 2 is 1.71 bits per heavy atom. The van der Waals surface area contributed by atoms with Crippen molar-refractivity contribution < 1.29 is 13.3 Å². The monoisotopic (exact) mass is 262 g/mol. The minimum Gasteiger partial charge on any atom is -0.398 e. The number of hydrogen-bond acceptors (Lipinski definition) is 3. The van der Waals surface area contributed by atoms with E-state index in [4.69, 9.17) is 14.3 Å². The van der Waals surface area contributed by atoms with E-state index in [2.05, 4.69) is 20.6 Å². The lowest BCUT2D eigenvalue weighted by molar-refractivity contribution is -0.805. The van der Waals surface area contributed by atoms with Gasteiger partial charge in [-0.15, -0.1) is 0 Å². The van der Waals surface area contributed by atoms with Crippen molar-refractivity contribution in [3.8, 4) is 0 Å². The first-order valence-electron chi connectivity index (χ1n) is 5.88.